The molecule has 0 heterocycles. The van der Waals surface area contributed by atoms with Crippen molar-refractivity contribution in [3.63, 3.8) is 0 Å². The van der Waals surface area contributed by atoms with Crippen LogP contribution in [0.2, 0.25) is 0 Å². The smallest absolute Gasteiger partial charge is 0.344 e. The van der Waals surface area contributed by atoms with Gasteiger partial charge in [0.15, 0.2) is 11.6 Å². The second-order valence-electron chi connectivity index (χ2n) is 2.67. The average Bonchev–Trinajstić information content (AvgIpc) is 2.22. The lowest BCUT2D eigenvalue weighted by Crippen LogP contribution is -2.10. The van der Waals surface area contributed by atoms with Gasteiger partial charge in [-0.15, -0.1) is 0 Å². The summed E-state index contributed by atoms with van der Waals surface area (Å²) in [4.78, 5) is 20.1. The number of methoxy groups -OCH3 is 1. The largest absolute Gasteiger partial charge is 0.505 e. The third kappa shape index (κ3) is 1.76. The molecule has 0 fully saturated rings. The van der Waals surface area contributed by atoms with Crippen LogP contribution in [0, 0.1) is 21.7 Å². The maximum Gasteiger partial charge on any atom is 0.344 e. The molecule has 0 aliphatic heterocycles. The molecule has 0 bridgehead atoms. The van der Waals surface area contributed by atoms with E-state index in [1.54, 1.807) is 0 Å². The van der Waals surface area contributed by atoms with Crippen molar-refractivity contribution in [2.24, 2.45) is 0 Å². The summed E-state index contributed by atoms with van der Waals surface area (Å²) in [5, 5.41) is 19.3. The number of nitro benzene ring substituents is 1. The van der Waals surface area contributed by atoms with Gasteiger partial charge < -0.3 is 9.84 Å². The SMILES string of the molecule is COC(=O)c1c(F)c(O)cc([N+](=O)[O-])c1F. The first-order chi connectivity index (χ1) is 7.40. The molecule has 0 amide bonds. The predicted molar refractivity (Wildman–Crippen MR) is 46.0 cm³/mol. The summed E-state index contributed by atoms with van der Waals surface area (Å²) in [5.74, 6) is -5.94. The highest BCUT2D eigenvalue weighted by atomic mass is 19.1. The van der Waals surface area contributed by atoms with Crippen LogP contribution < -0.4 is 0 Å². The number of nitro groups is 1. The number of phenols is 1. The lowest BCUT2D eigenvalue weighted by atomic mass is 10.1. The number of carbonyl (C=O) groups excluding carboxylic acids is 1. The van der Waals surface area contributed by atoms with Crippen LogP contribution in [0.5, 0.6) is 5.75 Å². The number of nitrogens with zero attached hydrogens (tertiary/aromatic N) is 1. The first-order valence-electron chi connectivity index (χ1n) is 3.83. The second-order valence-corrected chi connectivity index (χ2v) is 2.67. The van der Waals surface area contributed by atoms with E-state index in [0.29, 0.717) is 0 Å². The van der Waals surface area contributed by atoms with Gasteiger partial charge in [-0.05, 0) is 0 Å². The minimum absolute atomic E-state index is 0.275. The van der Waals surface area contributed by atoms with Crippen molar-refractivity contribution in [1.82, 2.24) is 0 Å². The standard InChI is InChI=1S/C8H5F2NO5/c1-16-8(13)5-6(9)3(11(14)15)2-4(12)7(5)10/h2,12H,1H3. The van der Waals surface area contributed by atoms with Gasteiger partial charge in [0.1, 0.15) is 5.56 Å². The van der Waals surface area contributed by atoms with Crippen molar-refractivity contribution in [3.05, 3.63) is 33.4 Å². The fourth-order valence-corrected chi connectivity index (χ4v) is 1.02. The third-order valence-corrected chi connectivity index (χ3v) is 1.75. The zero-order chi connectivity index (χ0) is 12.5. The Hall–Kier alpha value is -2.25. The maximum absolute atomic E-state index is 13.3. The number of phenolic OH excluding ortho intramolecular Hbond substituents is 1. The minimum atomic E-state index is -1.69. The Morgan fingerprint density at radius 2 is 2.06 bits per heavy atom. The molecule has 0 aromatic heterocycles. The number of ether oxygens (including phenoxy) is 1. The highest BCUT2D eigenvalue weighted by molar-refractivity contribution is 5.91. The first kappa shape index (κ1) is 11.8. The van der Waals surface area contributed by atoms with E-state index in [4.69, 9.17) is 5.11 Å². The molecule has 0 unspecified atom stereocenters. The molecule has 16 heavy (non-hydrogen) atoms. The van der Waals surface area contributed by atoms with Gasteiger partial charge in [-0.25, -0.2) is 9.18 Å². The number of aromatic hydroxyl groups is 1. The van der Waals surface area contributed by atoms with Crippen LogP contribution in [0.4, 0.5) is 14.5 Å². The van der Waals surface area contributed by atoms with Crippen molar-refractivity contribution in [2.45, 2.75) is 0 Å². The van der Waals surface area contributed by atoms with Gasteiger partial charge >= 0.3 is 11.7 Å². The van der Waals surface area contributed by atoms with Crippen molar-refractivity contribution in [3.8, 4) is 5.75 Å². The Kier molecular flexibility index (Phi) is 3.02. The van der Waals surface area contributed by atoms with E-state index < -0.39 is 39.5 Å². The summed E-state index contributed by atoms with van der Waals surface area (Å²) < 4.78 is 30.5. The molecular formula is C8H5F2NO5. The number of carbonyl (C=O) groups is 1. The van der Waals surface area contributed by atoms with Crippen molar-refractivity contribution in [2.75, 3.05) is 7.11 Å². The number of rotatable bonds is 2. The number of benzene rings is 1. The van der Waals surface area contributed by atoms with Gasteiger partial charge in [0.2, 0.25) is 5.82 Å². The summed E-state index contributed by atoms with van der Waals surface area (Å²) in [6, 6.07) is 0.275. The molecule has 8 heteroatoms. The Morgan fingerprint density at radius 3 is 2.50 bits per heavy atom. The van der Waals surface area contributed by atoms with E-state index in [1.807, 2.05) is 0 Å². The van der Waals surface area contributed by atoms with Crippen LogP contribution in [0.3, 0.4) is 0 Å². The Labute approximate surface area is 87.2 Å². The summed E-state index contributed by atoms with van der Waals surface area (Å²) in [5.41, 5.74) is -2.51. The molecule has 0 radical (unpaired) electrons. The predicted octanol–water partition coefficient (Wildman–Crippen LogP) is 1.37. The van der Waals surface area contributed by atoms with Crippen LogP contribution in [-0.2, 0) is 4.74 Å². The third-order valence-electron chi connectivity index (χ3n) is 1.75. The summed E-state index contributed by atoms with van der Waals surface area (Å²) in [7, 11) is 0.844. The van der Waals surface area contributed by atoms with Crippen molar-refractivity contribution in [1.29, 1.82) is 0 Å². The van der Waals surface area contributed by atoms with E-state index in [-0.39, 0.29) is 6.07 Å². The molecule has 1 N–H and O–H groups in total. The van der Waals surface area contributed by atoms with Crippen LogP contribution in [0.25, 0.3) is 0 Å². The molecule has 1 rings (SSSR count). The van der Waals surface area contributed by atoms with E-state index >= 15 is 0 Å². The molecule has 0 spiro atoms. The Balaban J connectivity index is 3.58. The fraction of sp³-hybridized carbons (Fsp3) is 0.125. The summed E-state index contributed by atoms with van der Waals surface area (Å²) >= 11 is 0. The number of hydrogen-bond acceptors (Lipinski definition) is 5. The number of halogens is 2. The Bertz CT molecular complexity index is 474. The monoisotopic (exact) mass is 233 g/mol. The highest BCUT2D eigenvalue weighted by Crippen LogP contribution is 2.30. The van der Waals surface area contributed by atoms with Crippen LogP contribution in [0.1, 0.15) is 10.4 Å². The van der Waals surface area contributed by atoms with Crippen molar-refractivity contribution >= 4 is 11.7 Å². The molecule has 0 atom stereocenters. The van der Waals surface area contributed by atoms with Crippen LogP contribution in [-0.4, -0.2) is 23.1 Å². The maximum atomic E-state index is 13.3. The zero-order valence-electron chi connectivity index (χ0n) is 7.86. The lowest BCUT2D eigenvalue weighted by molar-refractivity contribution is -0.387. The van der Waals surface area contributed by atoms with E-state index in [2.05, 4.69) is 4.74 Å². The van der Waals surface area contributed by atoms with Gasteiger partial charge in [0.25, 0.3) is 0 Å². The van der Waals surface area contributed by atoms with Crippen LogP contribution >= 0.6 is 0 Å². The van der Waals surface area contributed by atoms with Crippen LogP contribution in [0.15, 0.2) is 6.07 Å². The molecule has 6 nitrogen and oxygen atoms in total. The van der Waals surface area contributed by atoms with Gasteiger partial charge in [0, 0.05) is 0 Å². The summed E-state index contributed by atoms with van der Waals surface area (Å²) in [6.45, 7) is 0. The van der Waals surface area contributed by atoms with Crippen molar-refractivity contribution < 1.29 is 28.3 Å². The van der Waals surface area contributed by atoms with Gasteiger partial charge in [0.05, 0.1) is 18.1 Å². The molecule has 0 aliphatic rings. The number of hydrogen-bond donors (Lipinski definition) is 1. The average molecular weight is 233 g/mol. The molecular weight excluding hydrogens is 228 g/mol. The van der Waals surface area contributed by atoms with Gasteiger partial charge in [-0.2, -0.15) is 4.39 Å². The van der Waals surface area contributed by atoms with E-state index in [0.717, 1.165) is 7.11 Å². The first-order valence-corrected chi connectivity index (χ1v) is 3.83. The fourth-order valence-electron chi connectivity index (χ4n) is 1.02. The van der Waals surface area contributed by atoms with E-state index in [1.165, 1.54) is 0 Å². The molecule has 1 aromatic rings. The van der Waals surface area contributed by atoms with Gasteiger partial charge in [-0.3, -0.25) is 10.1 Å². The molecule has 86 valence electrons. The molecule has 0 aliphatic carbocycles. The summed E-state index contributed by atoms with van der Waals surface area (Å²) in [6.07, 6.45) is 0. The Morgan fingerprint density at radius 1 is 1.50 bits per heavy atom. The minimum Gasteiger partial charge on any atom is -0.505 e. The topological polar surface area (TPSA) is 89.7 Å². The number of esters is 1. The lowest BCUT2D eigenvalue weighted by Gasteiger charge is -2.04. The van der Waals surface area contributed by atoms with E-state index in [9.17, 15) is 23.7 Å². The highest BCUT2D eigenvalue weighted by Gasteiger charge is 2.29. The molecule has 1 aromatic carbocycles. The van der Waals surface area contributed by atoms with Gasteiger partial charge in [-0.1, -0.05) is 0 Å². The zero-order valence-corrected chi connectivity index (χ0v) is 7.86. The normalized spacial score (nSPS) is 9.94. The molecule has 0 saturated heterocycles. The molecule has 0 saturated carbocycles. The second kappa shape index (κ2) is 4.09. The quantitative estimate of drug-likeness (QED) is 0.473.